The lowest BCUT2D eigenvalue weighted by molar-refractivity contribution is -0.119. The van der Waals surface area contributed by atoms with E-state index in [2.05, 4.69) is 54.8 Å². The molecule has 1 fully saturated rings. The molecular formula is C22H28N8O. The van der Waals surface area contributed by atoms with Gasteiger partial charge < -0.3 is 26.3 Å². The molecule has 9 heteroatoms. The molecule has 0 unspecified atom stereocenters. The van der Waals surface area contributed by atoms with Gasteiger partial charge >= 0.3 is 0 Å². The third-order valence-electron chi connectivity index (χ3n) is 5.48. The Labute approximate surface area is 181 Å². The summed E-state index contributed by atoms with van der Waals surface area (Å²) in [6, 6.07) is 8.31. The Hall–Kier alpha value is -3.46. The average molecular weight is 421 g/mol. The van der Waals surface area contributed by atoms with Crippen LogP contribution in [-0.4, -0.2) is 52.5 Å². The molecule has 1 aliphatic rings. The molecule has 0 aliphatic carbocycles. The molecule has 0 bridgehead atoms. The number of H-pyrrole nitrogens is 1. The Morgan fingerprint density at radius 2 is 2.06 bits per heavy atom. The number of nitrogens with one attached hydrogen (secondary N) is 3. The van der Waals surface area contributed by atoms with E-state index in [1.807, 2.05) is 7.05 Å². The first-order valence-electron chi connectivity index (χ1n) is 10.4. The minimum Gasteiger partial charge on any atom is -0.382 e. The molecule has 0 radical (unpaired) electrons. The van der Waals surface area contributed by atoms with Gasteiger partial charge in [0.2, 0.25) is 5.91 Å². The lowest BCUT2D eigenvalue weighted by Crippen LogP contribution is -2.29. The third kappa shape index (κ3) is 4.83. The second-order valence-corrected chi connectivity index (χ2v) is 7.87. The molecular weight excluding hydrogens is 392 g/mol. The number of carbonyl (C=O) groups is 1. The highest BCUT2D eigenvalue weighted by molar-refractivity contribution is 5.72. The second kappa shape index (κ2) is 9.13. The number of aromatic amines is 1. The summed E-state index contributed by atoms with van der Waals surface area (Å²) in [7, 11) is 1.93. The molecule has 1 aromatic carbocycles. The summed E-state index contributed by atoms with van der Waals surface area (Å²) in [6.45, 7) is 4.73. The molecule has 9 nitrogen and oxygen atoms in total. The molecule has 31 heavy (non-hydrogen) atoms. The van der Waals surface area contributed by atoms with E-state index >= 15 is 0 Å². The Kier molecular flexibility index (Phi) is 6.13. The molecule has 5 N–H and O–H groups in total. The summed E-state index contributed by atoms with van der Waals surface area (Å²) >= 11 is 0. The van der Waals surface area contributed by atoms with Gasteiger partial charge in [-0.3, -0.25) is 4.79 Å². The molecule has 3 heterocycles. The van der Waals surface area contributed by atoms with Gasteiger partial charge in [0, 0.05) is 33.1 Å². The zero-order chi connectivity index (χ0) is 21.8. The van der Waals surface area contributed by atoms with Crippen molar-refractivity contribution in [1.82, 2.24) is 30.6 Å². The van der Waals surface area contributed by atoms with E-state index in [-0.39, 0.29) is 5.91 Å². The van der Waals surface area contributed by atoms with E-state index in [0.29, 0.717) is 29.8 Å². The number of nitrogens with two attached hydrogens (primary N) is 1. The van der Waals surface area contributed by atoms with Crippen molar-refractivity contribution in [2.45, 2.75) is 19.9 Å². The maximum atomic E-state index is 11.2. The van der Waals surface area contributed by atoms with Crippen LogP contribution in [0.1, 0.15) is 18.9 Å². The molecule has 1 amide bonds. The quantitative estimate of drug-likeness (QED) is 0.459. The van der Waals surface area contributed by atoms with Crippen molar-refractivity contribution in [3.63, 3.8) is 0 Å². The number of rotatable bonds is 7. The monoisotopic (exact) mass is 420 g/mol. The van der Waals surface area contributed by atoms with Crippen molar-refractivity contribution in [3.8, 4) is 22.8 Å². The topological polar surface area (TPSA) is 125 Å². The van der Waals surface area contributed by atoms with Gasteiger partial charge in [0.1, 0.15) is 5.82 Å². The van der Waals surface area contributed by atoms with Crippen LogP contribution in [0.4, 0.5) is 11.6 Å². The van der Waals surface area contributed by atoms with Crippen molar-refractivity contribution >= 4 is 17.5 Å². The van der Waals surface area contributed by atoms with Crippen LogP contribution in [0, 0.1) is 5.92 Å². The van der Waals surface area contributed by atoms with Gasteiger partial charge in [0.25, 0.3) is 0 Å². The van der Waals surface area contributed by atoms with Crippen LogP contribution in [-0.2, 0) is 11.3 Å². The standard InChI is InChI=1S/C22H28N8O/c1-14(31)25-10-16-7-8-30(13-16)19-12-26-21(23)20(29-19)22-27-11-18(28-22)17-5-3-15(4-6-17)9-24-2/h3-6,11-12,16,24H,7-10,13H2,1-2H3,(H2,23,26)(H,25,31)(H,27,28)/t16-/m1/s1. The van der Waals surface area contributed by atoms with Gasteiger partial charge in [-0.2, -0.15) is 0 Å². The van der Waals surface area contributed by atoms with E-state index in [1.54, 1.807) is 19.3 Å². The van der Waals surface area contributed by atoms with Gasteiger partial charge in [-0.05, 0) is 30.5 Å². The Morgan fingerprint density at radius 3 is 2.81 bits per heavy atom. The van der Waals surface area contributed by atoms with Crippen LogP contribution in [0.3, 0.4) is 0 Å². The highest BCUT2D eigenvalue weighted by Crippen LogP contribution is 2.28. The van der Waals surface area contributed by atoms with Crippen LogP contribution in [0.25, 0.3) is 22.8 Å². The Balaban J connectivity index is 1.51. The van der Waals surface area contributed by atoms with Gasteiger partial charge in [-0.1, -0.05) is 24.3 Å². The van der Waals surface area contributed by atoms with Crippen LogP contribution >= 0.6 is 0 Å². The minimum atomic E-state index is -0.00157. The molecule has 0 saturated carbocycles. The Bertz CT molecular complexity index is 1050. The molecule has 162 valence electrons. The number of anilines is 2. The van der Waals surface area contributed by atoms with Crippen LogP contribution in [0.15, 0.2) is 36.7 Å². The summed E-state index contributed by atoms with van der Waals surface area (Å²) < 4.78 is 0. The number of aromatic nitrogens is 4. The number of amides is 1. The zero-order valence-corrected chi connectivity index (χ0v) is 17.9. The van der Waals surface area contributed by atoms with Crippen molar-refractivity contribution in [2.24, 2.45) is 5.92 Å². The SMILES string of the molecule is CNCc1ccc(-c2cnc(-c3nc(N4CC[C@H](CNC(C)=O)C4)cnc3N)[nH]2)cc1. The summed E-state index contributed by atoms with van der Waals surface area (Å²) in [5.41, 5.74) is 9.82. The van der Waals surface area contributed by atoms with E-state index in [0.717, 1.165) is 43.1 Å². The van der Waals surface area contributed by atoms with E-state index < -0.39 is 0 Å². The first-order chi connectivity index (χ1) is 15.0. The smallest absolute Gasteiger partial charge is 0.216 e. The van der Waals surface area contributed by atoms with Gasteiger partial charge in [0.05, 0.1) is 18.1 Å². The first-order valence-corrected chi connectivity index (χ1v) is 10.4. The molecule has 3 aromatic rings. The lowest BCUT2D eigenvalue weighted by atomic mass is 10.1. The number of imidazole rings is 1. The fourth-order valence-electron chi connectivity index (χ4n) is 3.81. The second-order valence-electron chi connectivity index (χ2n) is 7.87. The molecule has 1 aliphatic heterocycles. The number of carbonyl (C=O) groups excluding carboxylic acids is 1. The lowest BCUT2D eigenvalue weighted by Gasteiger charge is -2.18. The maximum Gasteiger partial charge on any atom is 0.216 e. The Morgan fingerprint density at radius 1 is 1.26 bits per heavy atom. The predicted octanol–water partition coefficient (Wildman–Crippen LogP) is 1.80. The number of hydrogen-bond acceptors (Lipinski definition) is 7. The average Bonchev–Trinajstić information content (AvgIpc) is 3.44. The first kappa shape index (κ1) is 20.8. The molecule has 1 saturated heterocycles. The maximum absolute atomic E-state index is 11.2. The highest BCUT2D eigenvalue weighted by Gasteiger charge is 2.25. The number of benzene rings is 1. The summed E-state index contributed by atoms with van der Waals surface area (Å²) in [5.74, 6) is 2.09. The van der Waals surface area contributed by atoms with E-state index in [4.69, 9.17) is 10.7 Å². The molecule has 4 rings (SSSR count). The third-order valence-corrected chi connectivity index (χ3v) is 5.48. The van der Waals surface area contributed by atoms with Crippen molar-refractivity contribution in [2.75, 3.05) is 37.3 Å². The zero-order valence-electron chi connectivity index (χ0n) is 17.9. The highest BCUT2D eigenvalue weighted by atomic mass is 16.1. The summed E-state index contributed by atoms with van der Waals surface area (Å²) in [5, 5.41) is 6.04. The van der Waals surface area contributed by atoms with Crippen LogP contribution < -0.4 is 21.3 Å². The summed E-state index contributed by atoms with van der Waals surface area (Å²) in [4.78, 5) is 30.3. The fourth-order valence-corrected chi connectivity index (χ4v) is 3.81. The molecule has 2 aromatic heterocycles. The minimum absolute atomic E-state index is 0.00157. The van der Waals surface area contributed by atoms with Crippen LogP contribution in [0.5, 0.6) is 0 Å². The normalized spacial score (nSPS) is 15.9. The number of nitrogens with zero attached hydrogens (tertiary/aromatic N) is 4. The number of nitrogen functional groups attached to an aromatic ring is 1. The number of hydrogen-bond donors (Lipinski definition) is 4. The summed E-state index contributed by atoms with van der Waals surface area (Å²) in [6.07, 6.45) is 4.48. The van der Waals surface area contributed by atoms with Gasteiger partial charge in [-0.25, -0.2) is 15.0 Å². The van der Waals surface area contributed by atoms with Gasteiger partial charge in [-0.15, -0.1) is 0 Å². The largest absolute Gasteiger partial charge is 0.382 e. The van der Waals surface area contributed by atoms with Gasteiger partial charge in [0.15, 0.2) is 17.3 Å². The molecule has 1 atom stereocenters. The van der Waals surface area contributed by atoms with Crippen molar-refractivity contribution in [1.29, 1.82) is 0 Å². The fraction of sp³-hybridized carbons (Fsp3) is 0.364. The van der Waals surface area contributed by atoms with E-state index in [1.165, 1.54) is 5.56 Å². The predicted molar refractivity (Wildman–Crippen MR) is 121 cm³/mol. The molecule has 0 spiro atoms. The van der Waals surface area contributed by atoms with E-state index in [9.17, 15) is 4.79 Å². The van der Waals surface area contributed by atoms with Crippen molar-refractivity contribution < 1.29 is 4.79 Å². The van der Waals surface area contributed by atoms with Crippen LogP contribution in [0.2, 0.25) is 0 Å². The van der Waals surface area contributed by atoms with Crippen molar-refractivity contribution in [3.05, 3.63) is 42.2 Å².